The van der Waals surface area contributed by atoms with Crippen LogP contribution < -0.4 is 10.1 Å². The zero-order valence-corrected chi connectivity index (χ0v) is 10.6. The van der Waals surface area contributed by atoms with E-state index in [1.165, 1.54) is 17.5 Å². The fourth-order valence-corrected chi connectivity index (χ4v) is 2.15. The van der Waals surface area contributed by atoms with Crippen molar-refractivity contribution in [3.63, 3.8) is 0 Å². The summed E-state index contributed by atoms with van der Waals surface area (Å²) in [6, 6.07) is 5.89. The van der Waals surface area contributed by atoms with E-state index in [-0.39, 0.29) is 25.5 Å². The fourth-order valence-electron chi connectivity index (χ4n) is 2.15. The molecule has 19 heavy (non-hydrogen) atoms. The molecule has 102 valence electrons. The third kappa shape index (κ3) is 3.98. The predicted molar refractivity (Wildman–Crippen MR) is 69.2 cm³/mol. The molecule has 0 aromatic heterocycles. The van der Waals surface area contributed by atoms with Gasteiger partial charge in [-0.1, -0.05) is 6.07 Å². The van der Waals surface area contributed by atoms with Crippen LogP contribution in [0, 0.1) is 0 Å². The lowest BCUT2D eigenvalue weighted by Gasteiger charge is -2.08. The van der Waals surface area contributed by atoms with Gasteiger partial charge in [0, 0.05) is 6.54 Å². The van der Waals surface area contributed by atoms with Crippen LogP contribution in [-0.4, -0.2) is 30.1 Å². The summed E-state index contributed by atoms with van der Waals surface area (Å²) in [7, 11) is 0. The molecule has 0 aliphatic heterocycles. The number of fused-ring (bicyclic) bond motifs is 1. The molecule has 0 heterocycles. The van der Waals surface area contributed by atoms with Gasteiger partial charge < -0.3 is 15.2 Å². The predicted octanol–water partition coefficient (Wildman–Crippen LogP) is 1.14. The molecule has 2 N–H and O–H groups in total. The largest absolute Gasteiger partial charge is 0.484 e. The van der Waals surface area contributed by atoms with Gasteiger partial charge in [-0.15, -0.1) is 0 Å². The molecule has 2 rings (SSSR count). The van der Waals surface area contributed by atoms with Crippen molar-refractivity contribution in [2.24, 2.45) is 0 Å². The van der Waals surface area contributed by atoms with Crippen LogP contribution in [0.4, 0.5) is 0 Å². The first kappa shape index (κ1) is 13.4. The summed E-state index contributed by atoms with van der Waals surface area (Å²) < 4.78 is 5.39. The molecule has 0 fully saturated rings. The monoisotopic (exact) mass is 263 g/mol. The van der Waals surface area contributed by atoms with Crippen molar-refractivity contribution in [2.45, 2.75) is 25.7 Å². The third-order valence-corrected chi connectivity index (χ3v) is 3.10. The smallest absolute Gasteiger partial charge is 0.305 e. The Balaban J connectivity index is 1.76. The SMILES string of the molecule is O=C(O)CCNC(=O)COc1ccc2c(c1)CCC2. The quantitative estimate of drug-likeness (QED) is 0.807. The minimum Gasteiger partial charge on any atom is -0.484 e. The molecular weight excluding hydrogens is 246 g/mol. The maximum atomic E-state index is 11.4. The maximum absolute atomic E-state index is 11.4. The number of rotatable bonds is 6. The molecule has 0 unspecified atom stereocenters. The van der Waals surface area contributed by atoms with Crippen molar-refractivity contribution in [1.29, 1.82) is 0 Å². The Labute approximate surface area is 111 Å². The number of aryl methyl sites for hydroxylation is 2. The molecule has 0 bridgehead atoms. The van der Waals surface area contributed by atoms with Crippen molar-refractivity contribution < 1.29 is 19.4 Å². The van der Waals surface area contributed by atoms with Crippen LogP contribution in [0.2, 0.25) is 0 Å². The molecule has 5 heteroatoms. The lowest BCUT2D eigenvalue weighted by atomic mass is 10.1. The summed E-state index contributed by atoms with van der Waals surface area (Å²) in [5, 5.41) is 10.9. The summed E-state index contributed by atoms with van der Waals surface area (Å²) in [6.07, 6.45) is 3.28. The second-order valence-corrected chi connectivity index (χ2v) is 4.57. The van der Waals surface area contributed by atoms with E-state index in [2.05, 4.69) is 5.32 Å². The minimum absolute atomic E-state index is 0.0788. The Morgan fingerprint density at radius 2 is 2.05 bits per heavy atom. The first-order valence-electron chi connectivity index (χ1n) is 6.38. The molecule has 0 saturated heterocycles. The number of carbonyl (C=O) groups is 2. The highest BCUT2D eigenvalue weighted by Crippen LogP contribution is 2.25. The lowest BCUT2D eigenvalue weighted by Crippen LogP contribution is -2.30. The Hall–Kier alpha value is -2.04. The zero-order valence-electron chi connectivity index (χ0n) is 10.6. The van der Waals surface area contributed by atoms with E-state index < -0.39 is 5.97 Å². The molecule has 0 saturated carbocycles. The van der Waals surface area contributed by atoms with Crippen molar-refractivity contribution >= 4 is 11.9 Å². The molecule has 1 aromatic carbocycles. The number of ether oxygens (including phenoxy) is 1. The van der Waals surface area contributed by atoms with E-state index in [4.69, 9.17) is 9.84 Å². The van der Waals surface area contributed by atoms with E-state index in [1.54, 1.807) is 0 Å². The second kappa shape index (κ2) is 6.22. The van der Waals surface area contributed by atoms with Crippen LogP contribution in [-0.2, 0) is 22.4 Å². The average molecular weight is 263 g/mol. The second-order valence-electron chi connectivity index (χ2n) is 4.57. The van der Waals surface area contributed by atoms with E-state index >= 15 is 0 Å². The van der Waals surface area contributed by atoms with Crippen molar-refractivity contribution in [1.82, 2.24) is 5.32 Å². The van der Waals surface area contributed by atoms with Crippen molar-refractivity contribution in [3.05, 3.63) is 29.3 Å². The normalized spacial score (nSPS) is 12.8. The van der Waals surface area contributed by atoms with Crippen LogP contribution in [0.1, 0.15) is 24.0 Å². The fraction of sp³-hybridized carbons (Fsp3) is 0.429. The Kier molecular flexibility index (Phi) is 4.39. The minimum atomic E-state index is -0.931. The standard InChI is InChI=1S/C14H17NO4/c16-13(15-7-6-14(17)18)9-19-12-5-4-10-2-1-3-11(10)8-12/h4-5,8H,1-3,6-7,9H2,(H,15,16)(H,17,18). The van der Waals surface area contributed by atoms with Gasteiger partial charge in [-0.25, -0.2) is 0 Å². The van der Waals surface area contributed by atoms with Gasteiger partial charge in [0.05, 0.1) is 6.42 Å². The lowest BCUT2D eigenvalue weighted by molar-refractivity contribution is -0.137. The third-order valence-electron chi connectivity index (χ3n) is 3.10. The number of hydrogen-bond donors (Lipinski definition) is 2. The molecule has 1 aliphatic carbocycles. The molecular formula is C14H17NO4. The van der Waals surface area contributed by atoms with Gasteiger partial charge in [-0.2, -0.15) is 0 Å². The first-order valence-corrected chi connectivity index (χ1v) is 6.38. The number of carboxylic acids is 1. The number of carbonyl (C=O) groups excluding carboxylic acids is 1. The van der Waals surface area contributed by atoms with Crippen LogP contribution in [0.25, 0.3) is 0 Å². The summed E-state index contributed by atoms with van der Waals surface area (Å²) >= 11 is 0. The van der Waals surface area contributed by atoms with Crippen LogP contribution >= 0.6 is 0 Å². The van der Waals surface area contributed by atoms with Crippen molar-refractivity contribution in [3.8, 4) is 5.75 Å². The van der Waals surface area contributed by atoms with Crippen LogP contribution in [0.3, 0.4) is 0 Å². The molecule has 1 aromatic rings. The highest BCUT2D eigenvalue weighted by Gasteiger charge is 2.11. The number of benzene rings is 1. The van der Waals surface area contributed by atoms with Crippen LogP contribution in [0.5, 0.6) is 5.75 Å². The van der Waals surface area contributed by atoms with Crippen LogP contribution in [0.15, 0.2) is 18.2 Å². The van der Waals surface area contributed by atoms with E-state index in [9.17, 15) is 9.59 Å². The highest BCUT2D eigenvalue weighted by molar-refractivity contribution is 5.78. The molecule has 0 spiro atoms. The molecule has 0 atom stereocenters. The molecule has 1 amide bonds. The van der Waals surface area contributed by atoms with Crippen molar-refractivity contribution in [2.75, 3.05) is 13.2 Å². The van der Waals surface area contributed by atoms with Gasteiger partial charge in [0.15, 0.2) is 6.61 Å². The van der Waals surface area contributed by atoms with Gasteiger partial charge in [-0.05, 0) is 42.5 Å². The van der Waals surface area contributed by atoms with Gasteiger partial charge >= 0.3 is 5.97 Å². The average Bonchev–Trinajstić information content (AvgIpc) is 2.83. The Morgan fingerprint density at radius 3 is 2.84 bits per heavy atom. The first-order chi connectivity index (χ1) is 9.15. The van der Waals surface area contributed by atoms with E-state index in [0.29, 0.717) is 5.75 Å². The van der Waals surface area contributed by atoms with Gasteiger partial charge in [0.25, 0.3) is 5.91 Å². The van der Waals surface area contributed by atoms with Gasteiger partial charge in [-0.3, -0.25) is 9.59 Å². The number of carboxylic acid groups (broad SMARTS) is 1. The van der Waals surface area contributed by atoms with Gasteiger partial charge in [0.2, 0.25) is 0 Å². The zero-order chi connectivity index (χ0) is 13.7. The summed E-state index contributed by atoms with van der Waals surface area (Å²) in [6.45, 7) is 0.0418. The summed E-state index contributed by atoms with van der Waals surface area (Å²) in [5.41, 5.74) is 2.65. The number of amides is 1. The summed E-state index contributed by atoms with van der Waals surface area (Å²) in [4.78, 5) is 21.7. The molecule has 1 aliphatic rings. The number of aliphatic carboxylic acids is 1. The summed E-state index contributed by atoms with van der Waals surface area (Å²) in [5.74, 6) is -0.546. The van der Waals surface area contributed by atoms with E-state index in [1.807, 2.05) is 18.2 Å². The number of hydrogen-bond acceptors (Lipinski definition) is 3. The van der Waals surface area contributed by atoms with E-state index in [0.717, 1.165) is 12.8 Å². The Bertz CT molecular complexity index is 484. The maximum Gasteiger partial charge on any atom is 0.305 e. The molecule has 0 radical (unpaired) electrons. The highest BCUT2D eigenvalue weighted by atomic mass is 16.5. The van der Waals surface area contributed by atoms with Gasteiger partial charge in [0.1, 0.15) is 5.75 Å². The molecule has 5 nitrogen and oxygen atoms in total. The topological polar surface area (TPSA) is 75.6 Å². The Morgan fingerprint density at radius 1 is 1.26 bits per heavy atom. The number of nitrogens with one attached hydrogen (secondary N) is 1.